The van der Waals surface area contributed by atoms with Gasteiger partial charge in [0, 0.05) is 25.3 Å². The first-order chi connectivity index (χ1) is 7.17. The maximum Gasteiger partial charge on any atom is 0.0163 e. The molecule has 1 saturated heterocycles. The molecule has 2 heteroatoms. The molecule has 86 valence electrons. The second-order valence-electron chi connectivity index (χ2n) is 4.58. The highest BCUT2D eigenvalue weighted by atomic mass is 15.2. The molecule has 0 spiro atoms. The topological polar surface area (TPSA) is 15.3 Å². The van der Waals surface area contributed by atoms with Crippen LogP contribution in [0.25, 0.3) is 0 Å². The van der Waals surface area contributed by atoms with Gasteiger partial charge in [0.05, 0.1) is 0 Å². The summed E-state index contributed by atoms with van der Waals surface area (Å²) in [6.07, 6.45) is 5.71. The van der Waals surface area contributed by atoms with Crippen molar-refractivity contribution in [2.75, 3.05) is 20.1 Å². The quantitative estimate of drug-likeness (QED) is 0.698. The summed E-state index contributed by atoms with van der Waals surface area (Å²) in [5.74, 6) is 0.806. The predicted octanol–water partition coefficient (Wildman–Crippen LogP) is 2.40. The van der Waals surface area contributed by atoms with E-state index >= 15 is 0 Å². The summed E-state index contributed by atoms with van der Waals surface area (Å²) in [5, 5.41) is 3.14. The molecule has 0 aliphatic carbocycles. The Morgan fingerprint density at radius 1 is 1.60 bits per heavy atom. The van der Waals surface area contributed by atoms with Crippen LogP contribution in [0.5, 0.6) is 0 Å². The van der Waals surface area contributed by atoms with Crippen LogP contribution < -0.4 is 5.32 Å². The van der Waals surface area contributed by atoms with Crippen molar-refractivity contribution in [1.29, 1.82) is 0 Å². The zero-order chi connectivity index (χ0) is 11.3. The van der Waals surface area contributed by atoms with E-state index < -0.39 is 0 Å². The molecule has 0 aromatic rings. The average molecular weight is 208 g/mol. The van der Waals surface area contributed by atoms with Gasteiger partial charge in [0.25, 0.3) is 0 Å². The van der Waals surface area contributed by atoms with Gasteiger partial charge in [0.1, 0.15) is 0 Å². The molecule has 1 aliphatic heterocycles. The van der Waals surface area contributed by atoms with Gasteiger partial charge in [-0.25, -0.2) is 0 Å². The molecule has 0 saturated carbocycles. The summed E-state index contributed by atoms with van der Waals surface area (Å²) in [5.41, 5.74) is 1.17. The largest absolute Gasteiger partial charge is 0.392 e. The molecule has 1 rings (SSSR count). The molecule has 2 unspecified atom stereocenters. The molecular formula is C13H24N2. The summed E-state index contributed by atoms with van der Waals surface area (Å²) in [4.78, 5) is 2.51. The number of rotatable bonds is 5. The van der Waals surface area contributed by atoms with E-state index in [1.807, 2.05) is 13.1 Å². The lowest BCUT2D eigenvalue weighted by Gasteiger charge is -2.37. The fraction of sp³-hybridized carbons (Fsp3) is 0.692. The molecule has 1 heterocycles. The van der Waals surface area contributed by atoms with E-state index in [2.05, 4.69) is 30.3 Å². The van der Waals surface area contributed by atoms with E-state index in [9.17, 15) is 0 Å². The molecule has 0 radical (unpaired) electrons. The Balaban J connectivity index is 2.36. The molecule has 1 aliphatic rings. The van der Waals surface area contributed by atoms with Crippen molar-refractivity contribution in [3.63, 3.8) is 0 Å². The highest BCUT2D eigenvalue weighted by Crippen LogP contribution is 2.26. The zero-order valence-corrected chi connectivity index (χ0v) is 10.1. The second kappa shape index (κ2) is 5.96. The van der Waals surface area contributed by atoms with Gasteiger partial charge in [-0.05, 0) is 38.6 Å². The Kier molecular flexibility index (Phi) is 4.89. The summed E-state index contributed by atoms with van der Waals surface area (Å²) < 4.78 is 0. The number of nitrogens with zero attached hydrogens (tertiary/aromatic N) is 1. The summed E-state index contributed by atoms with van der Waals surface area (Å²) in [6, 6.07) is 0.686. The minimum atomic E-state index is 0.686. The maximum atomic E-state index is 4.01. The lowest BCUT2D eigenvalue weighted by Crippen LogP contribution is -2.41. The van der Waals surface area contributed by atoms with Crippen LogP contribution in [0.3, 0.4) is 0 Å². The molecule has 0 aromatic carbocycles. The summed E-state index contributed by atoms with van der Waals surface area (Å²) in [6.45, 7) is 12.4. The molecular weight excluding hydrogens is 184 g/mol. The van der Waals surface area contributed by atoms with Crippen molar-refractivity contribution in [2.45, 2.75) is 32.2 Å². The number of hydrogen-bond acceptors (Lipinski definition) is 2. The standard InChI is InChI=1S/C13H24N2/c1-5-7-15-8-6-13(10-12(15)3)9-11(2)14-4/h5,12-14H,1-2,6-10H2,3-4H3. The fourth-order valence-electron chi connectivity index (χ4n) is 2.39. The van der Waals surface area contributed by atoms with E-state index in [0.717, 1.165) is 18.9 Å². The summed E-state index contributed by atoms with van der Waals surface area (Å²) in [7, 11) is 1.96. The van der Waals surface area contributed by atoms with Crippen LogP contribution in [0, 0.1) is 5.92 Å². The molecule has 15 heavy (non-hydrogen) atoms. The Morgan fingerprint density at radius 3 is 2.87 bits per heavy atom. The highest BCUT2D eigenvalue weighted by molar-refractivity contribution is 4.94. The molecule has 0 bridgehead atoms. The van der Waals surface area contributed by atoms with Gasteiger partial charge in [0.15, 0.2) is 0 Å². The number of allylic oxidation sites excluding steroid dienone is 1. The normalized spacial score (nSPS) is 27.3. The van der Waals surface area contributed by atoms with E-state index in [1.54, 1.807) is 0 Å². The van der Waals surface area contributed by atoms with Crippen LogP contribution in [0.2, 0.25) is 0 Å². The molecule has 0 aromatic heterocycles. The van der Waals surface area contributed by atoms with Gasteiger partial charge >= 0.3 is 0 Å². The van der Waals surface area contributed by atoms with Gasteiger partial charge < -0.3 is 5.32 Å². The van der Waals surface area contributed by atoms with E-state index in [4.69, 9.17) is 0 Å². The lowest BCUT2D eigenvalue weighted by molar-refractivity contribution is 0.136. The molecule has 1 N–H and O–H groups in total. The lowest BCUT2D eigenvalue weighted by atomic mass is 9.88. The minimum absolute atomic E-state index is 0.686. The number of nitrogens with one attached hydrogen (secondary N) is 1. The number of likely N-dealkylation sites (tertiary alicyclic amines) is 1. The van der Waals surface area contributed by atoms with Gasteiger partial charge in [-0.1, -0.05) is 12.7 Å². The van der Waals surface area contributed by atoms with Crippen molar-refractivity contribution in [3.05, 3.63) is 24.9 Å². The van der Waals surface area contributed by atoms with Gasteiger partial charge in [0.2, 0.25) is 0 Å². The number of hydrogen-bond donors (Lipinski definition) is 1. The molecule has 0 amide bonds. The zero-order valence-electron chi connectivity index (χ0n) is 10.1. The van der Waals surface area contributed by atoms with Crippen LogP contribution in [0.1, 0.15) is 26.2 Å². The van der Waals surface area contributed by atoms with Gasteiger partial charge in [-0.2, -0.15) is 0 Å². The molecule has 2 nitrogen and oxygen atoms in total. The SMILES string of the molecule is C=CCN1CCC(CC(=C)NC)CC1C. The Labute approximate surface area is 94.0 Å². The Morgan fingerprint density at radius 2 is 2.33 bits per heavy atom. The highest BCUT2D eigenvalue weighted by Gasteiger charge is 2.24. The third kappa shape index (κ3) is 3.71. The first-order valence-corrected chi connectivity index (χ1v) is 5.87. The van der Waals surface area contributed by atoms with Crippen LogP contribution in [-0.2, 0) is 0 Å². The van der Waals surface area contributed by atoms with Crippen LogP contribution in [-0.4, -0.2) is 31.1 Å². The van der Waals surface area contributed by atoms with Crippen LogP contribution >= 0.6 is 0 Å². The van der Waals surface area contributed by atoms with Crippen molar-refractivity contribution >= 4 is 0 Å². The first kappa shape index (κ1) is 12.3. The van der Waals surface area contributed by atoms with E-state index in [0.29, 0.717) is 6.04 Å². The maximum absolute atomic E-state index is 4.01. The van der Waals surface area contributed by atoms with Crippen molar-refractivity contribution < 1.29 is 0 Å². The molecule has 1 fully saturated rings. The van der Waals surface area contributed by atoms with Crippen LogP contribution in [0.4, 0.5) is 0 Å². The van der Waals surface area contributed by atoms with Crippen molar-refractivity contribution in [3.8, 4) is 0 Å². The second-order valence-corrected chi connectivity index (χ2v) is 4.58. The van der Waals surface area contributed by atoms with Gasteiger partial charge in [-0.15, -0.1) is 6.58 Å². The van der Waals surface area contributed by atoms with E-state index in [-0.39, 0.29) is 0 Å². The van der Waals surface area contributed by atoms with Crippen LogP contribution in [0.15, 0.2) is 24.9 Å². The van der Waals surface area contributed by atoms with Crippen molar-refractivity contribution in [1.82, 2.24) is 10.2 Å². The monoisotopic (exact) mass is 208 g/mol. The van der Waals surface area contributed by atoms with Crippen molar-refractivity contribution in [2.24, 2.45) is 5.92 Å². The Bertz CT molecular complexity index is 223. The number of piperidine rings is 1. The van der Waals surface area contributed by atoms with Gasteiger partial charge in [-0.3, -0.25) is 4.90 Å². The first-order valence-electron chi connectivity index (χ1n) is 5.87. The minimum Gasteiger partial charge on any atom is -0.392 e. The third-order valence-electron chi connectivity index (χ3n) is 3.37. The Hall–Kier alpha value is -0.760. The molecule has 2 atom stereocenters. The predicted molar refractivity (Wildman–Crippen MR) is 66.8 cm³/mol. The van der Waals surface area contributed by atoms with E-state index in [1.165, 1.54) is 25.1 Å². The third-order valence-corrected chi connectivity index (χ3v) is 3.37. The summed E-state index contributed by atoms with van der Waals surface area (Å²) >= 11 is 0. The fourth-order valence-corrected chi connectivity index (χ4v) is 2.39. The smallest absolute Gasteiger partial charge is 0.0163 e. The average Bonchev–Trinajstić information content (AvgIpc) is 2.22.